The Bertz CT molecular complexity index is 698. The maximum absolute atomic E-state index is 13.1. The smallest absolute Gasteiger partial charge is 0.146 e. The molecule has 0 bridgehead atoms. The highest BCUT2D eigenvalue weighted by Crippen LogP contribution is 2.38. The number of nitrogen functional groups attached to an aromatic ring is 1. The molecule has 1 aliphatic carbocycles. The van der Waals surface area contributed by atoms with Crippen LogP contribution in [0.1, 0.15) is 36.8 Å². The van der Waals surface area contributed by atoms with Crippen molar-refractivity contribution in [2.24, 2.45) is 5.84 Å². The second-order valence-corrected chi connectivity index (χ2v) is 6.28. The van der Waals surface area contributed by atoms with Gasteiger partial charge in [-0.3, -0.25) is 0 Å². The Labute approximate surface area is 140 Å². The standard InChI is InChI=1S/C18H22FN3O2/c1-12-16(8-11-21-17(12)22-20)24-15-6-9-18(23,10-7-15)13-2-4-14(19)5-3-13/h2-5,8,11,15,23H,6-7,9-10,20H2,1H3,(H,21,22)/t15-,18+. The molecule has 24 heavy (non-hydrogen) atoms. The van der Waals surface area contributed by atoms with Crippen LogP contribution in [-0.4, -0.2) is 16.2 Å². The van der Waals surface area contributed by atoms with E-state index in [2.05, 4.69) is 10.4 Å². The largest absolute Gasteiger partial charge is 0.490 e. The van der Waals surface area contributed by atoms with E-state index >= 15 is 0 Å². The average molecular weight is 331 g/mol. The van der Waals surface area contributed by atoms with E-state index in [0.29, 0.717) is 18.7 Å². The van der Waals surface area contributed by atoms with Crippen molar-refractivity contribution in [3.05, 3.63) is 53.5 Å². The molecule has 5 nitrogen and oxygen atoms in total. The molecule has 0 amide bonds. The lowest BCUT2D eigenvalue weighted by molar-refractivity contribution is -0.0304. The van der Waals surface area contributed by atoms with Crippen LogP contribution in [0.5, 0.6) is 5.75 Å². The van der Waals surface area contributed by atoms with Crippen LogP contribution in [0, 0.1) is 12.7 Å². The third-order valence-electron chi connectivity index (χ3n) is 4.73. The zero-order chi connectivity index (χ0) is 17.2. The molecule has 0 unspecified atom stereocenters. The Morgan fingerprint density at radius 3 is 2.54 bits per heavy atom. The van der Waals surface area contributed by atoms with Crippen LogP contribution in [0.3, 0.4) is 0 Å². The number of anilines is 1. The molecule has 0 spiro atoms. The predicted octanol–water partition coefficient (Wildman–Crippen LogP) is 3.02. The molecule has 0 aliphatic heterocycles. The summed E-state index contributed by atoms with van der Waals surface area (Å²) in [5.74, 6) is 6.48. The van der Waals surface area contributed by atoms with E-state index < -0.39 is 5.60 Å². The molecule has 1 fully saturated rings. The summed E-state index contributed by atoms with van der Waals surface area (Å²) >= 11 is 0. The maximum atomic E-state index is 13.1. The van der Waals surface area contributed by atoms with E-state index in [0.717, 1.165) is 29.7 Å². The van der Waals surface area contributed by atoms with E-state index in [4.69, 9.17) is 10.6 Å². The highest BCUT2D eigenvalue weighted by Gasteiger charge is 2.35. The summed E-state index contributed by atoms with van der Waals surface area (Å²) in [7, 11) is 0. The van der Waals surface area contributed by atoms with Crippen molar-refractivity contribution in [2.45, 2.75) is 44.3 Å². The minimum Gasteiger partial charge on any atom is -0.490 e. The minimum atomic E-state index is -0.912. The molecule has 0 atom stereocenters. The van der Waals surface area contributed by atoms with Crippen LogP contribution < -0.4 is 16.0 Å². The van der Waals surface area contributed by atoms with Gasteiger partial charge >= 0.3 is 0 Å². The quantitative estimate of drug-likeness (QED) is 0.593. The molecule has 3 rings (SSSR count). The number of pyridine rings is 1. The van der Waals surface area contributed by atoms with E-state index in [9.17, 15) is 9.50 Å². The van der Waals surface area contributed by atoms with Crippen molar-refractivity contribution in [1.82, 2.24) is 4.98 Å². The van der Waals surface area contributed by atoms with Crippen molar-refractivity contribution in [3.63, 3.8) is 0 Å². The number of aliphatic hydroxyl groups is 1. The fourth-order valence-corrected chi connectivity index (χ4v) is 3.21. The maximum Gasteiger partial charge on any atom is 0.146 e. The van der Waals surface area contributed by atoms with Crippen LogP contribution in [0.15, 0.2) is 36.5 Å². The van der Waals surface area contributed by atoms with Gasteiger partial charge in [0.15, 0.2) is 0 Å². The number of halogens is 1. The Balaban J connectivity index is 1.66. The van der Waals surface area contributed by atoms with Gasteiger partial charge in [0, 0.05) is 11.8 Å². The molecule has 128 valence electrons. The molecule has 2 aromatic rings. The number of nitrogens with one attached hydrogen (secondary N) is 1. The first-order valence-corrected chi connectivity index (χ1v) is 8.09. The minimum absolute atomic E-state index is 0.0254. The molecule has 1 saturated carbocycles. The summed E-state index contributed by atoms with van der Waals surface area (Å²) in [6.45, 7) is 1.90. The molecule has 6 heteroatoms. The number of nitrogens with zero attached hydrogens (tertiary/aromatic N) is 1. The van der Waals surface area contributed by atoms with E-state index in [1.165, 1.54) is 12.1 Å². The summed E-state index contributed by atoms with van der Waals surface area (Å²) in [6, 6.07) is 7.90. The second kappa shape index (κ2) is 6.75. The van der Waals surface area contributed by atoms with Gasteiger partial charge in [0.1, 0.15) is 17.4 Å². The molecule has 0 saturated heterocycles. The lowest BCUT2D eigenvalue weighted by Gasteiger charge is -2.36. The van der Waals surface area contributed by atoms with Crippen LogP contribution in [0.4, 0.5) is 10.2 Å². The second-order valence-electron chi connectivity index (χ2n) is 6.28. The fraction of sp³-hybridized carbons (Fsp3) is 0.389. The first kappa shape index (κ1) is 16.7. The van der Waals surface area contributed by atoms with E-state index in [-0.39, 0.29) is 11.9 Å². The third-order valence-corrected chi connectivity index (χ3v) is 4.73. The molecule has 1 aliphatic rings. The van der Waals surface area contributed by atoms with Crippen LogP contribution in [-0.2, 0) is 5.60 Å². The Kier molecular flexibility index (Phi) is 4.69. The number of hydrogen-bond donors (Lipinski definition) is 3. The van der Waals surface area contributed by atoms with Crippen molar-refractivity contribution in [3.8, 4) is 5.75 Å². The Morgan fingerprint density at radius 2 is 1.92 bits per heavy atom. The van der Waals surface area contributed by atoms with Gasteiger partial charge in [-0.05, 0) is 56.4 Å². The van der Waals surface area contributed by atoms with Crippen LogP contribution in [0.2, 0.25) is 0 Å². The highest BCUT2D eigenvalue weighted by molar-refractivity contribution is 5.49. The summed E-state index contributed by atoms with van der Waals surface area (Å²) < 4.78 is 19.1. The van der Waals surface area contributed by atoms with Gasteiger partial charge in [0.25, 0.3) is 0 Å². The Hall–Kier alpha value is -2.18. The van der Waals surface area contributed by atoms with Gasteiger partial charge in [-0.25, -0.2) is 15.2 Å². The van der Waals surface area contributed by atoms with Crippen molar-refractivity contribution >= 4 is 5.82 Å². The molecule has 1 aromatic heterocycles. The number of aromatic nitrogens is 1. The van der Waals surface area contributed by atoms with Gasteiger partial charge < -0.3 is 15.3 Å². The number of benzene rings is 1. The zero-order valence-electron chi connectivity index (χ0n) is 13.6. The van der Waals surface area contributed by atoms with Gasteiger partial charge in [-0.2, -0.15) is 0 Å². The molecule has 1 aromatic carbocycles. The van der Waals surface area contributed by atoms with Crippen LogP contribution in [0.25, 0.3) is 0 Å². The molecular weight excluding hydrogens is 309 g/mol. The number of hydrazine groups is 1. The average Bonchev–Trinajstić information content (AvgIpc) is 2.59. The SMILES string of the molecule is Cc1c(O[C@H]2CC[C@](O)(c3ccc(F)cc3)CC2)ccnc1NN. The third kappa shape index (κ3) is 3.34. The van der Waals surface area contributed by atoms with Gasteiger partial charge in [0.2, 0.25) is 0 Å². The lowest BCUT2D eigenvalue weighted by Crippen LogP contribution is -2.35. The number of rotatable bonds is 4. The summed E-state index contributed by atoms with van der Waals surface area (Å²) in [5.41, 5.74) is 3.26. The number of nitrogens with two attached hydrogens (primary N) is 1. The molecular formula is C18H22FN3O2. The first-order valence-electron chi connectivity index (χ1n) is 8.09. The monoisotopic (exact) mass is 331 g/mol. The summed E-state index contributed by atoms with van der Waals surface area (Å²) in [5, 5.41) is 10.8. The van der Waals surface area contributed by atoms with Gasteiger partial charge in [-0.15, -0.1) is 0 Å². The van der Waals surface area contributed by atoms with Crippen molar-refractivity contribution < 1.29 is 14.2 Å². The fourth-order valence-electron chi connectivity index (χ4n) is 3.21. The molecule has 4 N–H and O–H groups in total. The van der Waals surface area contributed by atoms with Crippen molar-refractivity contribution in [2.75, 3.05) is 5.43 Å². The van der Waals surface area contributed by atoms with Crippen LogP contribution >= 0.6 is 0 Å². The Morgan fingerprint density at radius 1 is 1.25 bits per heavy atom. The highest BCUT2D eigenvalue weighted by atomic mass is 19.1. The lowest BCUT2D eigenvalue weighted by atomic mass is 9.78. The predicted molar refractivity (Wildman–Crippen MR) is 90.0 cm³/mol. The summed E-state index contributed by atoms with van der Waals surface area (Å²) in [6.07, 6.45) is 4.28. The van der Waals surface area contributed by atoms with Crippen molar-refractivity contribution in [1.29, 1.82) is 0 Å². The van der Waals surface area contributed by atoms with E-state index in [1.54, 1.807) is 18.3 Å². The topological polar surface area (TPSA) is 80.4 Å². The number of ether oxygens (including phenoxy) is 1. The summed E-state index contributed by atoms with van der Waals surface area (Å²) in [4.78, 5) is 4.13. The van der Waals surface area contributed by atoms with E-state index in [1.807, 2.05) is 13.0 Å². The normalized spacial score (nSPS) is 23.8. The molecule has 1 heterocycles. The first-order chi connectivity index (χ1) is 11.5. The molecule has 0 radical (unpaired) electrons. The van der Waals surface area contributed by atoms with Gasteiger partial charge in [0.05, 0.1) is 11.7 Å². The van der Waals surface area contributed by atoms with Gasteiger partial charge in [-0.1, -0.05) is 12.1 Å². The zero-order valence-corrected chi connectivity index (χ0v) is 13.6. The number of hydrogen-bond acceptors (Lipinski definition) is 5.